The number of hydrogen-bond donors (Lipinski definition) is 0. The molecule has 0 unspecified atom stereocenters. The van der Waals surface area contributed by atoms with Gasteiger partial charge in [0.15, 0.2) is 0 Å². The lowest BCUT2D eigenvalue weighted by Gasteiger charge is -2.22. The number of anilines is 2. The van der Waals surface area contributed by atoms with Crippen molar-refractivity contribution < 1.29 is 19.1 Å². The molecule has 0 bridgehead atoms. The van der Waals surface area contributed by atoms with Crippen LogP contribution in [0.15, 0.2) is 48.5 Å². The minimum atomic E-state index is -0.602. The molecular weight excluding hydrogens is 306 g/mol. The van der Waals surface area contributed by atoms with Crippen molar-refractivity contribution in [3.05, 3.63) is 48.5 Å². The quantitative estimate of drug-likeness (QED) is 0.779. The molecule has 0 radical (unpaired) electrons. The van der Waals surface area contributed by atoms with Gasteiger partial charge in [-0.1, -0.05) is 13.8 Å². The normalized spacial score (nSPS) is 9.38. The maximum Gasteiger partial charge on any atom is 0.298 e. The Labute approximate surface area is 142 Å². The lowest BCUT2D eigenvalue weighted by atomic mass is 10.2. The zero-order valence-electron chi connectivity index (χ0n) is 14.7. The number of carbonyl (C=O) groups excluding carboxylic acids is 2. The molecule has 128 valence electrons. The molecule has 0 N–H and O–H groups in total. The van der Waals surface area contributed by atoms with Gasteiger partial charge in [0.2, 0.25) is 5.78 Å². The van der Waals surface area contributed by atoms with Crippen LogP contribution in [0.25, 0.3) is 0 Å². The number of ketones is 1. The average molecular weight is 329 g/mol. The highest BCUT2D eigenvalue weighted by atomic mass is 16.5. The van der Waals surface area contributed by atoms with Crippen molar-refractivity contribution in [2.75, 3.05) is 19.1 Å². The van der Waals surface area contributed by atoms with Crippen LogP contribution in [-0.2, 0) is 9.59 Å². The minimum Gasteiger partial charge on any atom is -0.497 e. The summed E-state index contributed by atoms with van der Waals surface area (Å²) in [5.41, 5.74) is 1.18. The van der Waals surface area contributed by atoms with Gasteiger partial charge in [-0.25, -0.2) is 0 Å². The molecule has 0 aliphatic rings. The maximum atomic E-state index is 12.3. The van der Waals surface area contributed by atoms with Gasteiger partial charge in [0.1, 0.15) is 11.5 Å². The van der Waals surface area contributed by atoms with Crippen molar-refractivity contribution in [3.63, 3.8) is 0 Å². The molecule has 0 saturated carbocycles. The number of Topliss-reactive ketones (excluding diaryl/α,β-unsaturated/α-hetero) is 1. The first-order chi connectivity index (χ1) is 11.6. The Bertz CT molecular complexity index is 615. The van der Waals surface area contributed by atoms with Crippen molar-refractivity contribution in [2.45, 2.75) is 20.8 Å². The molecule has 0 atom stereocenters. The van der Waals surface area contributed by atoms with Crippen LogP contribution >= 0.6 is 0 Å². The molecule has 0 aliphatic heterocycles. The highest BCUT2D eigenvalue weighted by Gasteiger charge is 2.21. The molecule has 5 nitrogen and oxygen atoms in total. The molecule has 0 heterocycles. The van der Waals surface area contributed by atoms with Crippen LogP contribution < -0.4 is 14.4 Å². The van der Waals surface area contributed by atoms with Gasteiger partial charge >= 0.3 is 0 Å². The number of nitrogens with zero attached hydrogens (tertiary/aromatic N) is 1. The van der Waals surface area contributed by atoms with Gasteiger partial charge in [-0.2, -0.15) is 0 Å². The SMILES string of the molecule is CC.COc1ccc(N(C(=O)C(C)=O)c2ccc(OC)cc2)cc1. The van der Waals surface area contributed by atoms with Gasteiger partial charge in [-0.15, -0.1) is 0 Å². The number of ether oxygens (including phenoxy) is 2. The molecule has 0 aromatic heterocycles. The van der Waals surface area contributed by atoms with Crippen LogP contribution in [0.3, 0.4) is 0 Å². The summed E-state index contributed by atoms with van der Waals surface area (Å²) in [7, 11) is 3.13. The zero-order valence-corrected chi connectivity index (χ0v) is 14.7. The van der Waals surface area contributed by atoms with Gasteiger partial charge in [0.25, 0.3) is 5.91 Å². The Morgan fingerprint density at radius 3 is 1.33 bits per heavy atom. The van der Waals surface area contributed by atoms with Crippen LogP contribution in [0.5, 0.6) is 11.5 Å². The number of rotatable bonds is 5. The van der Waals surface area contributed by atoms with Crippen molar-refractivity contribution in [1.82, 2.24) is 0 Å². The lowest BCUT2D eigenvalue weighted by Crippen LogP contribution is -2.31. The Hall–Kier alpha value is -2.82. The van der Waals surface area contributed by atoms with Crippen molar-refractivity contribution in [3.8, 4) is 11.5 Å². The summed E-state index contributed by atoms with van der Waals surface area (Å²) >= 11 is 0. The Kier molecular flexibility index (Phi) is 7.49. The molecule has 5 heteroatoms. The van der Waals surface area contributed by atoms with Gasteiger partial charge < -0.3 is 9.47 Å². The standard InChI is InChI=1S/C17H17NO4.C2H6/c1-12(19)17(20)18(13-4-8-15(21-2)9-5-13)14-6-10-16(22-3)11-7-14;1-2/h4-11H,1-3H3;1-2H3. The fourth-order valence-electron chi connectivity index (χ4n) is 2.00. The van der Waals surface area contributed by atoms with Crippen molar-refractivity contribution in [1.29, 1.82) is 0 Å². The second-order valence-electron chi connectivity index (χ2n) is 4.59. The van der Waals surface area contributed by atoms with Gasteiger partial charge in [0.05, 0.1) is 14.2 Å². The molecular formula is C19H23NO4. The van der Waals surface area contributed by atoms with Crippen LogP contribution in [-0.4, -0.2) is 25.9 Å². The molecule has 0 spiro atoms. The second kappa shape index (κ2) is 9.35. The minimum absolute atomic E-state index is 0.536. The molecule has 2 aromatic carbocycles. The van der Waals surface area contributed by atoms with Crippen molar-refractivity contribution >= 4 is 23.1 Å². The molecule has 0 saturated heterocycles. The largest absolute Gasteiger partial charge is 0.497 e. The van der Waals surface area contributed by atoms with Crippen LogP contribution in [0.2, 0.25) is 0 Å². The van der Waals surface area contributed by atoms with E-state index in [-0.39, 0.29) is 0 Å². The molecule has 1 amide bonds. The second-order valence-corrected chi connectivity index (χ2v) is 4.59. The average Bonchev–Trinajstić information content (AvgIpc) is 2.64. The predicted molar refractivity (Wildman–Crippen MR) is 95.2 cm³/mol. The fourth-order valence-corrected chi connectivity index (χ4v) is 2.00. The van der Waals surface area contributed by atoms with Crippen molar-refractivity contribution in [2.24, 2.45) is 0 Å². The number of methoxy groups -OCH3 is 2. The van der Waals surface area contributed by atoms with E-state index in [4.69, 9.17) is 9.47 Å². The summed E-state index contributed by atoms with van der Waals surface area (Å²) in [6, 6.07) is 13.8. The number of hydrogen-bond acceptors (Lipinski definition) is 4. The van der Waals surface area contributed by atoms with E-state index in [0.717, 1.165) is 0 Å². The summed E-state index contributed by atoms with van der Waals surface area (Å²) < 4.78 is 10.2. The third-order valence-electron chi connectivity index (χ3n) is 3.17. The Balaban J connectivity index is 0.00000139. The molecule has 2 aromatic rings. The van der Waals surface area contributed by atoms with Crippen LogP contribution in [0, 0.1) is 0 Å². The smallest absolute Gasteiger partial charge is 0.298 e. The van der Waals surface area contributed by atoms with Gasteiger partial charge in [-0.05, 0) is 48.5 Å². The van der Waals surface area contributed by atoms with Crippen LogP contribution in [0.1, 0.15) is 20.8 Å². The topological polar surface area (TPSA) is 55.8 Å². The monoisotopic (exact) mass is 329 g/mol. The van der Waals surface area contributed by atoms with E-state index >= 15 is 0 Å². The first kappa shape index (κ1) is 19.2. The summed E-state index contributed by atoms with van der Waals surface area (Å²) in [6.45, 7) is 5.25. The predicted octanol–water partition coefficient (Wildman–Crippen LogP) is 3.98. The number of carbonyl (C=O) groups is 2. The molecule has 2 rings (SSSR count). The zero-order chi connectivity index (χ0) is 18.1. The highest BCUT2D eigenvalue weighted by molar-refractivity contribution is 6.42. The third kappa shape index (κ3) is 4.59. The van der Waals surface area contributed by atoms with E-state index in [0.29, 0.717) is 22.9 Å². The molecule has 0 aliphatic carbocycles. The third-order valence-corrected chi connectivity index (χ3v) is 3.17. The van der Waals surface area contributed by atoms with E-state index in [1.54, 1.807) is 62.8 Å². The summed E-state index contributed by atoms with van der Waals surface area (Å²) in [6.07, 6.45) is 0. The van der Waals surface area contributed by atoms with E-state index in [1.807, 2.05) is 13.8 Å². The molecule has 24 heavy (non-hydrogen) atoms. The Morgan fingerprint density at radius 1 is 0.750 bits per heavy atom. The van der Waals surface area contributed by atoms with Gasteiger partial charge in [0, 0.05) is 18.3 Å². The number of amides is 1. The molecule has 0 fully saturated rings. The maximum absolute atomic E-state index is 12.3. The summed E-state index contributed by atoms with van der Waals surface area (Å²) in [4.78, 5) is 25.2. The summed E-state index contributed by atoms with van der Waals surface area (Å²) in [5, 5.41) is 0. The first-order valence-electron chi connectivity index (χ1n) is 7.70. The van der Waals surface area contributed by atoms with Gasteiger partial charge in [-0.3, -0.25) is 14.5 Å². The van der Waals surface area contributed by atoms with Crippen LogP contribution in [0.4, 0.5) is 11.4 Å². The lowest BCUT2D eigenvalue weighted by molar-refractivity contribution is -0.134. The fraction of sp³-hybridized carbons (Fsp3) is 0.263. The first-order valence-corrected chi connectivity index (χ1v) is 7.70. The highest BCUT2D eigenvalue weighted by Crippen LogP contribution is 2.29. The van der Waals surface area contributed by atoms with E-state index in [9.17, 15) is 9.59 Å². The Morgan fingerprint density at radius 2 is 1.08 bits per heavy atom. The van der Waals surface area contributed by atoms with E-state index in [2.05, 4.69) is 0 Å². The number of benzene rings is 2. The van der Waals surface area contributed by atoms with E-state index < -0.39 is 11.7 Å². The summed E-state index contributed by atoms with van der Waals surface area (Å²) in [5.74, 6) is 0.212. The van der Waals surface area contributed by atoms with E-state index in [1.165, 1.54) is 11.8 Å².